The van der Waals surface area contributed by atoms with Crippen molar-refractivity contribution < 1.29 is 19.2 Å². The monoisotopic (exact) mass is 565 g/mol. The molecule has 188 valence electrons. The molecular weight excluding hydrogens is 546 g/mol. The first-order chi connectivity index (χ1) is 17.8. The lowest BCUT2D eigenvalue weighted by molar-refractivity contribution is -0.385. The zero-order chi connectivity index (χ0) is 26.5. The molecule has 0 aliphatic heterocycles. The van der Waals surface area contributed by atoms with E-state index in [9.17, 15) is 19.7 Å². The Kier molecular flexibility index (Phi) is 7.58. The minimum atomic E-state index is -0.656. The summed E-state index contributed by atoms with van der Waals surface area (Å²) in [5.41, 5.74) is 0.520. The van der Waals surface area contributed by atoms with Crippen LogP contribution in [0.15, 0.2) is 75.0 Å². The lowest BCUT2D eigenvalue weighted by atomic mass is 10.2. The van der Waals surface area contributed by atoms with Crippen molar-refractivity contribution in [1.29, 1.82) is 0 Å². The minimum absolute atomic E-state index is 0.0211. The number of amides is 1. The number of nitro groups is 1. The molecule has 0 saturated heterocycles. The van der Waals surface area contributed by atoms with Crippen molar-refractivity contribution in [2.75, 3.05) is 19.0 Å². The SMILES string of the molecule is COc1cc(C=Nn2c(C)nc3ccc(Br)cc3c2=O)cc([N+](=O)[O-])c1OCC(=O)Nc1ccccc1. The molecule has 0 bridgehead atoms. The second-order valence-corrected chi connectivity index (χ2v) is 8.63. The second-order valence-electron chi connectivity index (χ2n) is 7.71. The summed E-state index contributed by atoms with van der Waals surface area (Å²) in [7, 11) is 1.32. The highest BCUT2D eigenvalue weighted by atomic mass is 79.9. The molecular formula is C25H20BrN5O6. The Morgan fingerprint density at radius 2 is 1.97 bits per heavy atom. The normalized spacial score (nSPS) is 11.0. The Morgan fingerprint density at radius 3 is 2.68 bits per heavy atom. The fourth-order valence-corrected chi connectivity index (χ4v) is 3.85. The molecule has 1 amide bonds. The van der Waals surface area contributed by atoms with Crippen molar-refractivity contribution in [2.24, 2.45) is 5.10 Å². The van der Waals surface area contributed by atoms with Crippen LogP contribution < -0.4 is 20.3 Å². The van der Waals surface area contributed by atoms with E-state index in [1.54, 1.807) is 55.5 Å². The Morgan fingerprint density at radius 1 is 1.22 bits per heavy atom. The van der Waals surface area contributed by atoms with Gasteiger partial charge in [-0.25, -0.2) is 4.98 Å². The number of hydrogen-bond donors (Lipinski definition) is 1. The number of carbonyl (C=O) groups excluding carboxylic acids is 1. The predicted octanol–water partition coefficient (Wildman–Crippen LogP) is 4.28. The van der Waals surface area contributed by atoms with Crippen molar-refractivity contribution in [1.82, 2.24) is 9.66 Å². The number of carbonyl (C=O) groups is 1. The Labute approximate surface area is 218 Å². The molecule has 0 aliphatic carbocycles. The third-order valence-electron chi connectivity index (χ3n) is 5.17. The van der Waals surface area contributed by atoms with E-state index in [-0.39, 0.29) is 17.1 Å². The van der Waals surface area contributed by atoms with Crippen LogP contribution in [0.2, 0.25) is 0 Å². The molecule has 4 aromatic rings. The number of nitro benzene ring substituents is 1. The highest BCUT2D eigenvalue weighted by Crippen LogP contribution is 2.38. The van der Waals surface area contributed by atoms with Crippen LogP contribution in [0.3, 0.4) is 0 Å². The quantitative estimate of drug-likeness (QED) is 0.191. The van der Waals surface area contributed by atoms with Crippen LogP contribution in [-0.2, 0) is 4.79 Å². The Bertz CT molecular complexity index is 1590. The highest BCUT2D eigenvalue weighted by Gasteiger charge is 2.23. The van der Waals surface area contributed by atoms with Crippen molar-refractivity contribution in [2.45, 2.75) is 6.92 Å². The van der Waals surface area contributed by atoms with Gasteiger partial charge >= 0.3 is 5.69 Å². The molecule has 0 radical (unpaired) electrons. The number of nitrogens with one attached hydrogen (secondary N) is 1. The van der Waals surface area contributed by atoms with Crippen LogP contribution >= 0.6 is 15.9 Å². The van der Waals surface area contributed by atoms with Gasteiger partial charge in [-0.1, -0.05) is 34.1 Å². The number of hydrogen-bond acceptors (Lipinski definition) is 8. The van der Waals surface area contributed by atoms with Crippen LogP contribution in [0.1, 0.15) is 11.4 Å². The van der Waals surface area contributed by atoms with E-state index >= 15 is 0 Å². The number of anilines is 1. The molecule has 4 rings (SSSR count). The molecule has 0 atom stereocenters. The minimum Gasteiger partial charge on any atom is -0.493 e. The number of methoxy groups -OCH3 is 1. The molecule has 11 nitrogen and oxygen atoms in total. The lowest BCUT2D eigenvalue weighted by Gasteiger charge is -2.12. The average Bonchev–Trinajstić information content (AvgIpc) is 2.88. The van der Waals surface area contributed by atoms with E-state index in [0.29, 0.717) is 26.9 Å². The largest absolute Gasteiger partial charge is 0.493 e. The maximum atomic E-state index is 13.0. The number of halogens is 1. The van der Waals surface area contributed by atoms with Crippen LogP contribution in [0.4, 0.5) is 11.4 Å². The van der Waals surface area contributed by atoms with Gasteiger partial charge in [-0.3, -0.25) is 19.7 Å². The highest BCUT2D eigenvalue weighted by molar-refractivity contribution is 9.10. The van der Waals surface area contributed by atoms with Gasteiger partial charge in [-0.05, 0) is 43.3 Å². The maximum Gasteiger partial charge on any atom is 0.315 e. The molecule has 3 aromatic carbocycles. The smallest absolute Gasteiger partial charge is 0.315 e. The second kappa shape index (κ2) is 11.0. The maximum absolute atomic E-state index is 13.0. The van der Waals surface area contributed by atoms with Crippen molar-refractivity contribution in [3.8, 4) is 11.5 Å². The number of fused-ring (bicyclic) bond motifs is 1. The zero-order valence-corrected chi connectivity index (χ0v) is 21.3. The van der Waals surface area contributed by atoms with Gasteiger partial charge < -0.3 is 14.8 Å². The summed E-state index contributed by atoms with van der Waals surface area (Å²) in [6.45, 7) is 1.15. The van der Waals surface area contributed by atoms with Crippen LogP contribution in [0, 0.1) is 17.0 Å². The summed E-state index contributed by atoms with van der Waals surface area (Å²) >= 11 is 3.34. The number of rotatable bonds is 8. The van der Waals surface area contributed by atoms with Gasteiger partial charge in [0.25, 0.3) is 11.5 Å². The van der Waals surface area contributed by atoms with Crippen LogP contribution in [0.5, 0.6) is 11.5 Å². The average molecular weight is 566 g/mol. The van der Waals surface area contributed by atoms with Crippen molar-refractivity contribution in [3.63, 3.8) is 0 Å². The van der Waals surface area contributed by atoms with E-state index in [2.05, 4.69) is 31.3 Å². The molecule has 0 unspecified atom stereocenters. The number of nitrogens with zero attached hydrogens (tertiary/aromatic N) is 4. The summed E-state index contributed by atoms with van der Waals surface area (Å²) in [6, 6.07) is 16.5. The molecule has 1 heterocycles. The predicted molar refractivity (Wildman–Crippen MR) is 142 cm³/mol. The summed E-state index contributed by atoms with van der Waals surface area (Å²) in [5, 5.41) is 19.0. The molecule has 1 N–H and O–H groups in total. The number of para-hydroxylation sites is 1. The number of aryl methyl sites for hydroxylation is 1. The molecule has 37 heavy (non-hydrogen) atoms. The van der Waals surface area contributed by atoms with Gasteiger partial charge in [-0.2, -0.15) is 9.78 Å². The van der Waals surface area contributed by atoms with Crippen LogP contribution in [-0.4, -0.2) is 40.4 Å². The van der Waals surface area contributed by atoms with E-state index < -0.39 is 28.7 Å². The summed E-state index contributed by atoms with van der Waals surface area (Å²) < 4.78 is 12.6. The van der Waals surface area contributed by atoms with Gasteiger partial charge in [0.1, 0.15) is 5.82 Å². The van der Waals surface area contributed by atoms with Crippen LogP contribution in [0.25, 0.3) is 10.9 Å². The molecule has 0 saturated carbocycles. The molecule has 12 heteroatoms. The fraction of sp³-hybridized carbons (Fsp3) is 0.120. The Balaban J connectivity index is 1.63. The van der Waals surface area contributed by atoms with Gasteiger partial charge in [0.05, 0.1) is 29.2 Å². The van der Waals surface area contributed by atoms with E-state index in [1.807, 2.05) is 0 Å². The first-order valence-electron chi connectivity index (χ1n) is 10.8. The fourth-order valence-electron chi connectivity index (χ4n) is 3.49. The summed E-state index contributed by atoms with van der Waals surface area (Å²) in [6.07, 6.45) is 1.28. The van der Waals surface area contributed by atoms with Gasteiger partial charge in [-0.15, -0.1) is 0 Å². The van der Waals surface area contributed by atoms with Gasteiger partial charge in [0, 0.05) is 21.8 Å². The third kappa shape index (κ3) is 5.81. The third-order valence-corrected chi connectivity index (χ3v) is 5.67. The molecule has 0 spiro atoms. The summed E-state index contributed by atoms with van der Waals surface area (Å²) in [5.74, 6) is -0.355. The van der Waals surface area contributed by atoms with E-state index in [0.717, 1.165) is 4.68 Å². The van der Waals surface area contributed by atoms with Crippen molar-refractivity contribution in [3.05, 3.63) is 97.0 Å². The van der Waals surface area contributed by atoms with Gasteiger partial charge in [0.15, 0.2) is 12.4 Å². The number of benzene rings is 3. The number of ether oxygens (including phenoxy) is 2. The number of aromatic nitrogens is 2. The first kappa shape index (κ1) is 25.5. The summed E-state index contributed by atoms with van der Waals surface area (Å²) in [4.78, 5) is 40.7. The van der Waals surface area contributed by atoms with E-state index in [4.69, 9.17) is 9.47 Å². The van der Waals surface area contributed by atoms with Gasteiger partial charge in [0.2, 0.25) is 5.75 Å². The molecule has 0 fully saturated rings. The Hall–Kier alpha value is -4.58. The van der Waals surface area contributed by atoms with Crippen molar-refractivity contribution >= 4 is 50.3 Å². The molecule has 1 aromatic heterocycles. The lowest BCUT2D eigenvalue weighted by Crippen LogP contribution is -2.21. The topological polar surface area (TPSA) is 138 Å². The molecule has 0 aliphatic rings. The standard InChI is InChI=1S/C25H20BrN5O6/c1-15-28-20-9-8-17(26)12-19(20)25(33)30(15)27-13-16-10-21(31(34)35)24(22(11-16)36-2)37-14-23(32)29-18-6-4-3-5-7-18/h3-13H,14H2,1-2H3,(H,29,32). The van der Waals surface area contributed by atoms with E-state index in [1.165, 1.54) is 25.5 Å². The zero-order valence-electron chi connectivity index (χ0n) is 19.7. The first-order valence-corrected chi connectivity index (χ1v) is 11.6.